The van der Waals surface area contributed by atoms with E-state index in [0.717, 1.165) is 54.6 Å². The summed E-state index contributed by atoms with van der Waals surface area (Å²) in [5.41, 5.74) is 4.40. The van der Waals surface area contributed by atoms with E-state index in [2.05, 4.69) is 27.7 Å². The average molecular weight is 478 g/mol. The maximum absolute atomic E-state index is 12.9. The molecular weight excluding hydrogens is 446 g/mol. The minimum atomic E-state index is -1.19. The molecule has 3 aliphatic rings. The van der Waals surface area contributed by atoms with E-state index in [-0.39, 0.29) is 18.6 Å². The molecule has 3 N–H and O–H groups in total. The first-order valence-corrected chi connectivity index (χ1v) is 12.4. The first-order valence-electron chi connectivity index (χ1n) is 12.4. The number of carboxylic acids is 1. The molecule has 3 atom stereocenters. The number of amides is 2. The van der Waals surface area contributed by atoms with Gasteiger partial charge in [-0.25, -0.2) is 4.79 Å². The van der Waals surface area contributed by atoms with Crippen LogP contribution in [-0.4, -0.2) is 65.8 Å². The lowest BCUT2D eigenvalue weighted by molar-refractivity contribution is -0.140. The summed E-state index contributed by atoms with van der Waals surface area (Å²) in [7, 11) is 0. The second kappa shape index (κ2) is 10.1. The fourth-order valence-corrected chi connectivity index (χ4v) is 5.82. The topological polar surface area (TPSA) is 108 Å². The second-order valence-corrected chi connectivity index (χ2v) is 9.68. The number of fused-ring (bicyclic) bond motifs is 4. The van der Waals surface area contributed by atoms with Crippen molar-refractivity contribution in [3.05, 3.63) is 59.7 Å². The van der Waals surface area contributed by atoms with Crippen molar-refractivity contribution in [1.29, 1.82) is 0 Å². The van der Waals surface area contributed by atoms with Crippen LogP contribution in [0.5, 0.6) is 0 Å². The van der Waals surface area contributed by atoms with E-state index in [9.17, 15) is 19.5 Å². The lowest BCUT2D eigenvalue weighted by atomic mass is 9.97. The Bertz CT molecular complexity index is 1070. The summed E-state index contributed by atoms with van der Waals surface area (Å²) in [6.07, 6.45) is 2.69. The zero-order valence-electron chi connectivity index (χ0n) is 19.6. The molecule has 0 bridgehead atoms. The molecule has 0 radical (unpaired) electrons. The molecule has 2 aromatic carbocycles. The summed E-state index contributed by atoms with van der Waals surface area (Å²) in [6.45, 7) is 2.14. The molecule has 0 saturated carbocycles. The van der Waals surface area contributed by atoms with E-state index >= 15 is 0 Å². The summed E-state index contributed by atoms with van der Waals surface area (Å²) in [5.74, 6) is -1.75. The molecule has 2 saturated heterocycles. The number of carboxylic acid groups (broad SMARTS) is 1. The fourth-order valence-electron chi connectivity index (χ4n) is 5.82. The van der Waals surface area contributed by atoms with Crippen LogP contribution in [0.3, 0.4) is 0 Å². The van der Waals surface area contributed by atoms with Crippen LogP contribution >= 0.6 is 0 Å². The van der Waals surface area contributed by atoms with E-state index in [1.54, 1.807) is 0 Å². The van der Waals surface area contributed by atoms with Gasteiger partial charge in [0, 0.05) is 24.5 Å². The van der Waals surface area contributed by atoms with Crippen LogP contribution in [0, 0.1) is 0 Å². The number of carbonyl (C=O) groups excluding carboxylic acids is 2. The smallest absolute Gasteiger partial charge is 0.407 e. The number of hydrogen-bond donors (Lipinski definition) is 3. The minimum Gasteiger partial charge on any atom is -0.481 e. The zero-order valence-corrected chi connectivity index (χ0v) is 19.6. The van der Waals surface area contributed by atoms with E-state index in [1.807, 2.05) is 36.4 Å². The molecule has 2 aliphatic heterocycles. The highest BCUT2D eigenvalue weighted by Gasteiger charge is 2.34. The molecule has 2 heterocycles. The van der Waals surface area contributed by atoms with Crippen molar-refractivity contribution < 1.29 is 24.2 Å². The van der Waals surface area contributed by atoms with Crippen LogP contribution in [-0.2, 0) is 14.3 Å². The third kappa shape index (κ3) is 5.03. The lowest BCUT2D eigenvalue weighted by Crippen LogP contribution is -2.53. The van der Waals surface area contributed by atoms with Crippen LogP contribution in [0.4, 0.5) is 4.79 Å². The lowest BCUT2D eigenvalue weighted by Gasteiger charge is -2.35. The Hall–Kier alpha value is -3.39. The first-order chi connectivity index (χ1) is 17.0. The minimum absolute atomic E-state index is 0.0116. The molecule has 1 aliphatic carbocycles. The maximum atomic E-state index is 12.9. The van der Waals surface area contributed by atoms with Gasteiger partial charge in [0.2, 0.25) is 5.91 Å². The van der Waals surface area contributed by atoms with E-state index < -0.39 is 30.4 Å². The Morgan fingerprint density at radius 2 is 1.69 bits per heavy atom. The van der Waals surface area contributed by atoms with Crippen LogP contribution < -0.4 is 10.6 Å². The maximum Gasteiger partial charge on any atom is 0.407 e. The van der Waals surface area contributed by atoms with Crippen LogP contribution in [0.2, 0.25) is 0 Å². The van der Waals surface area contributed by atoms with Gasteiger partial charge in [-0.15, -0.1) is 0 Å². The molecule has 8 nitrogen and oxygen atoms in total. The summed E-state index contributed by atoms with van der Waals surface area (Å²) >= 11 is 0. The van der Waals surface area contributed by atoms with Gasteiger partial charge in [-0.05, 0) is 54.5 Å². The van der Waals surface area contributed by atoms with E-state index in [4.69, 9.17) is 4.74 Å². The molecule has 5 rings (SSSR count). The number of benzene rings is 2. The fraction of sp³-hybridized carbons (Fsp3) is 0.444. The first kappa shape index (κ1) is 23.4. The van der Waals surface area contributed by atoms with Gasteiger partial charge in [0.25, 0.3) is 0 Å². The Kier molecular flexibility index (Phi) is 6.72. The SMILES string of the molecule is O=C(O)CC(NC(=O)OCC1c2ccccc2-c2ccccc21)C(=O)NC1CCN2CCCC2C1. The highest BCUT2D eigenvalue weighted by Crippen LogP contribution is 2.44. The summed E-state index contributed by atoms with van der Waals surface area (Å²) in [5, 5.41) is 14.8. The van der Waals surface area contributed by atoms with Crippen molar-refractivity contribution in [2.45, 2.75) is 56.1 Å². The van der Waals surface area contributed by atoms with Gasteiger partial charge < -0.3 is 25.4 Å². The summed E-state index contributed by atoms with van der Waals surface area (Å²) in [4.78, 5) is 39.4. The number of aliphatic carboxylic acids is 1. The Labute approximate surface area is 204 Å². The van der Waals surface area contributed by atoms with Gasteiger partial charge in [-0.3, -0.25) is 9.59 Å². The quantitative estimate of drug-likeness (QED) is 0.566. The predicted molar refractivity (Wildman–Crippen MR) is 130 cm³/mol. The monoisotopic (exact) mass is 477 g/mol. The molecule has 0 spiro atoms. The number of hydrogen-bond acceptors (Lipinski definition) is 5. The third-order valence-electron chi connectivity index (χ3n) is 7.50. The van der Waals surface area contributed by atoms with Crippen LogP contribution in [0.15, 0.2) is 48.5 Å². The van der Waals surface area contributed by atoms with E-state index in [0.29, 0.717) is 6.04 Å². The normalized spacial score (nSPS) is 21.9. The highest BCUT2D eigenvalue weighted by atomic mass is 16.5. The zero-order chi connectivity index (χ0) is 24.4. The molecule has 2 aromatic rings. The van der Waals surface area contributed by atoms with Gasteiger partial charge in [-0.1, -0.05) is 48.5 Å². The predicted octanol–water partition coefficient (Wildman–Crippen LogP) is 3.11. The van der Waals surface area contributed by atoms with Crippen LogP contribution in [0.25, 0.3) is 11.1 Å². The number of nitrogens with one attached hydrogen (secondary N) is 2. The largest absolute Gasteiger partial charge is 0.481 e. The molecular formula is C27H31N3O5. The number of ether oxygens (including phenoxy) is 1. The molecule has 3 unspecified atom stereocenters. The Morgan fingerprint density at radius 1 is 1.00 bits per heavy atom. The van der Waals surface area contributed by atoms with Crippen molar-refractivity contribution in [2.75, 3.05) is 19.7 Å². The van der Waals surface area contributed by atoms with Gasteiger partial charge in [0.15, 0.2) is 0 Å². The molecule has 184 valence electrons. The molecule has 0 aromatic heterocycles. The molecule has 2 amide bonds. The van der Waals surface area contributed by atoms with Gasteiger partial charge in [0.05, 0.1) is 6.42 Å². The average Bonchev–Trinajstić information content (AvgIpc) is 3.44. The number of piperidine rings is 1. The van der Waals surface area contributed by atoms with Crippen LogP contribution in [0.1, 0.15) is 49.1 Å². The van der Waals surface area contributed by atoms with Gasteiger partial charge >= 0.3 is 12.1 Å². The van der Waals surface area contributed by atoms with Crippen molar-refractivity contribution in [3.63, 3.8) is 0 Å². The summed E-state index contributed by atoms with van der Waals surface area (Å²) in [6, 6.07) is 15.3. The number of carbonyl (C=O) groups is 3. The highest BCUT2D eigenvalue weighted by molar-refractivity contribution is 5.89. The number of rotatable bonds is 7. The Balaban J connectivity index is 1.20. The van der Waals surface area contributed by atoms with Crippen molar-refractivity contribution in [1.82, 2.24) is 15.5 Å². The van der Waals surface area contributed by atoms with Crippen molar-refractivity contribution in [3.8, 4) is 11.1 Å². The third-order valence-corrected chi connectivity index (χ3v) is 7.50. The standard InChI is InChI=1S/C27H31N3O5/c31-25(32)15-24(26(33)28-17-11-13-30-12-5-6-18(30)14-17)29-27(34)35-16-23-21-9-3-1-7-19(21)20-8-2-4-10-22(20)23/h1-4,7-10,17-18,23-24H,5-6,11-16H2,(H,28,33)(H,29,34)(H,31,32). The molecule has 2 fully saturated rings. The number of alkyl carbamates (subject to hydrolysis) is 1. The number of nitrogens with zero attached hydrogens (tertiary/aromatic N) is 1. The van der Waals surface area contributed by atoms with Crippen molar-refractivity contribution in [2.24, 2.45) is 0 Å². The van der Waals surface area contributed by atoms with Gasteiger partial charge in [0.1, 0.15) is 12.6 Å². The van der Waals surface area contributed by atoms with E-state index in [1.165, 1.54) is 6.42 Å². The second-order valence-electron chi connectivity index (χ2n) is 9.68. The summed E-state index contributed by atoms with van der Waals surface area (Å²) < 4.78 is 5.52. The van der Waals surface area contributed by atoms with Crippen molar-refractivity contribution >= 4 is 18.0 Å². The van der Waals surface area contributed by atoms with Gasteiger partial charge in [-0.2, -0.15) is 0 Å². The molecule has 8 heteroatoms. The Morgan fingerprint density at radius 3 is 2.37 bits per heavy atom. The molecule has 35 heavy (non-hydrogen) atoms.